The van der Waals surface area contributed by atoms with Crippen molar-refractivity contribution in [1.29, 1.82) is 0 Å². The van der Waals surface area contributed by atoms with Crippen molar-refractivity contribution in [3.63, 3.8) is 0 Å². The first-order valence-corrected chi connectivity index (χ1v) is 13.6. The third-order valence-corrected chi connectivity index (χ3v) is 8.22. The predicted octanol–water partition coefficient (Wildman–Crippen LogP) is 5.09. The van der Waals surface area contributed by atoms with Gasteiger partial charge in [-0.25, -0.2) is 19.6 Å². The number of H-pyrrole nitrogens is 1. The van der Waals surface area contributed by atoms with Crippen LogP contribution in [-0.4, -0.2) is 67.0 Å². The fourth-order valence-electron chi connectivity index (χ4n) is 5.96. The number of anilines is 1. The van der Waals surface area contributed by atoms with Gasteiger partial charge in [0.2, 0.25) is 0 Å². The van der Waals surface area contributed by atoms with Crippen LogP contribution in [0.25, 0.3) is 44.7 Å². The molecule has 10 heteroatoms. The van der Waals surface area contributed by atoms with E-state index >= 15 is 0 Å². The number of morpholine rings is 1. The van der Waals surface area contributed by atoms with Crippen LogP contribution < -0.4 is 5.73 Å². The van der Waals surface area contributed by atoms with Gasteiger partial charge in [0, 0.05) is 35.3 Å². The minimum atomic E-state index is 0.283. The number of nitrogens with zero attached hydrogens (tertiary/aromatic N) is 6. The molecule has 5 aromatic rings. The summed E-state index contributed by atoms with van der Waals surface area (Å²) in [6.45, 7) is 3.74. The number of nitrogens with two attached hydrogens (primary N) is 1. The van der Waals surface area contributed by atoms with Crippen LogP contribution in [0.4, 0.5) is 5.82 Å². The highest BCUT2D eigenvalue weighted by Crippen LogP contribution is 2.37. The Labute approximate surface area is 225 Å². The number of rotatable bonds is 4. The van der Waals surface area contributed by atoms with Gasteiger partial charge in [0.15, 0.2) is 5.65 Å². The minimum Gasteiger partial charge on any atom is -0.383 e. The van der Waals surface area contributed by atoms with E-state index in [1.54, 1.807) is 0 Å². The smallest absolute Gasteiger partial charge is 0.164 e. The Bertz CT molecular complexity index is 1600. The summed E-state index contributed by atoms with van der Waals surface area (Å²) < 4.78 is 7.64. The Balaban J connectivity index is 1.22. The molecule has 0 amide bonds. The lowest BCUT2D eigenvalue weighted by Gasteiger charge is -2.38. The SMILES string of the molecule is Nc1ncnc2c1c(-c1ccc3nc(-c4ccc(Cl)cc4)[nH]c3c1)nn2[C@H]1CC[C@H](N2CCOCC2)CC1. The fraction of sp³-hybridized carbons (Fsp3) is 0.357. The number of hydrogen-bond acceptors (Lipinski definition) is 7. The van der Waals surface area contributed by atoms with Crippen molar-refractivity contribution in [2.45, 2.75) is 37.8 Å². The van der Waals surface area contributed by atoms with Gasteiger partial charge < -0.3 is 15.5 Å². The molecule has 2 fully saturated rings. The van der Waals surface area contributed by atoms with E-state index in [1.807, 2.05) is 36.4 Å². The third-order valence-electron chi connectivity index (χ3n) is 7.97. The molecule has 0 spiro atoms. The second-order valence-corrected chi connectivity index (χ2v) is 10.6. The number of nitrogen functional groups attached to an aromatic ring is 1. The van der Waals surface area contributed by atoms with Gasteiger partial charge in [-0.15, -0.1) is 0 Å². The summed E-state index contributed by atoms with van der Waals surface area (Å²) in [5.74, 6) is 1.24. The summed E-state index contributed by atoms with van der Waals surface area (Å²) >= 11 is 6.06. The quantitative estimate of drug-likeness (QED) is 0.334. The zero-order valence-electron chi connectivity index (χ0n) is 21.0. The topological polar surface area (TPSA) is 111 Å². The van der Waals surface area contributed by atoms with Crippen molar-refractivity contribution >= 4 is 39.5 Å². The number of aromatic nitrogens is 6. The maximum Gasteiger partial charge on any atom is 0.164 e. The Hall–Kier alpha value is -3.53. The molecule has 0 atom stereocenters. The maximum absolute atomic E-state index is 6.41. The van der Waals surface area contributed by atoms with Gasteiger partial charge in [-0.1, -0.05) is 17.7 Å². The summed E-state index contributed by atoms with van der Waals surface area (Å²) in [4.78, 5) is 19.7. The summed E-state index contributed by atoms with van der Waals surface area (Å²) in [6, 6.07) is 14.7. The Kier molecular flexibility index (Phi) is 5.99. The number of ether oxygens (including phenoxy) is 1. The minimum absolute atomic E-state index is 0.283. The van der Waals surface area contributed by atoms with Gasteiger partial charge in [-0.05, 0) is 62.1 Å². The van der Waals surface area contributed by atoms with Crippen LogP contribution in [0.5, 0.6) is 0 Å². The number of aromatic amines is 1. The van der Waals surface area contributed by atoms with E-state index in [2.05, 4.69) is 30.6 Å². The van der Waals surface area contributed by atoms with Gasteiger partial charge >= 0.3 is 0 Å². The molecule has 1 saturated carbocycles. The third kappa shape index (κ3) is 4.20. The van der Waals surface area contributed by atoms with Crippen LogP contribution >= 0.6 is 11.6 Å². The number of halogens is 1. The van der Waals surface area contributed by atoms with Gasteiger partial charge in [-0.3, -0.25) is 4.90 Å². The number of imidazole rings is 1. The van der Waals surface area contributed by atoms with E-state index < -0.39 is 0 Å². The molecule has 194 valence electrons. The lowest BCUT2D eigenvalue weighted by Crippen LogP contribution is -2.45. The standard InChI is InChI=1S/C28H29ClN8O/c29-19-4-1-17(2-5-19)27-33-22-10-3-18(15-23(22)34-27)25-24-26(30)31-16-32-28(24)37(35-25)21-8-6-20(7-9-21)36-11-13-38-14-12-36/h1-5,10,15-16,20-21H,6-9,11-14H2,(H,33,34)(H2,30,31,32)/t20-,21-. The second-order valence-electron chi connectivity index (χ2n) is 10.2. The first-order chi connectivity index (χ1) is 18.6. The molecular formula is C28H29ClN8O. The number of benzene rings is 2. The molecule has 2 aromatic carbocycles. The lowest BCUT2D eigenvalue weighted by atomic mass is 9.90. The molecule has 7 rings (SSSR count). The molecule has 0 unspecified atom stereocenters. The predicted molar refractivity (Wildman–Crippen MR) is 149 cm³/mol. The summed E-state index contributed by atoms with van der Waals surface area (Å²) in [6.07, 6.45) is 5.96. The molecule has 0 bridgehead atoms. The molecule has 0 radical (unpaired) electrons. The lowest BCUT2D eigenvalue weighted by molar-refractivity contribution is 0.00520. The molecule has 1 saturated heterocycles. The van der Waals surface area contributed by atoms with Gasteiger partial charge in [0.25, 0.3) is 0 Å². The van der Waals surface area contributed by atoms with Crippen molar-refractivity contribution in [3.8, 4) is 22.6 Å². The van der Waals surface area contributed by atoms with Crippen molar-refractivity contribution in [2.75, 3.05) is 32.0 Å². The Morgan fingerprint density at radius 1 is 0.921 bits per heavy atom. The van der Waals surface area contributed by atoms with Crippen LogP contribution in [0.2, 0.25) is 5.02 Å². The van der Waals surface area contributed by atoms with Crippen LogP contribution in [0.3, 0.4) is 0 Å². The van der Waals surface area contributed by atoms with Crippen molar-refractivity contribution in [3.05, 3.63) is 53.8 Å². The van der Waals surface area contributed by atoms with Crippen LogP contribution in [0, 0.1) is 0 Å². The molecule has 1 aliphatic heterocycles. The number of fused-ring (bicyclic) bond motifs is 2. The zero-order valence-corrected chi connectivity index (χ0v) is 21.7. The van der Waals surface area contributed by atoms with Crippen LogP contribution in [0.1, 0.15) is 31.7 Å². The largest absolute Gasteiger partial charge is 0.383 e. The van der Waals surface area contributed by atoms with Gasteiger partial charge in [0.1, 0.15) is 23.7 Å². The van der Waals surface area contributed by atoms with Crippen molar-refractivity contribution in [2.24, 2.45) is 0 Å². The highest BCUT2D eigenvalue weighted by molar-refractivity contribution is 6.30. The number of hydrogen-bond donors (Lipinski definition) is 2. The molecule has 2 aliphatic rings. The maximum atomic E-state index is 6.41. The summed E-state index contributed by atoms with van der Waals surface area (Å²) in [5, 5.41) is 6.62. The van der Waals surface area contributed by atoms with E-state index in [0.29, 0.717) is 16.9 Å². The number of nitrogens with one attached hydrogen (secondary N) is 1. The molecular weight excluding hydrogens is 500 g/mol. The van der Waals surface area contributed by atoms with E-state index in [9.17, 15) is 0 Å². The van der Waals surface area contributed by atoms with E-state index in [1.165, 1.54) is 6.33 Å². The average molecular weight is 529 g/mol. The highest BCUT2D eigenvalue weighted by Gasteiger charge is 2.30. The zero-order chi connectivity index (χ0) is 25.6. The first kappa shape index (κ1) is 23.6. The van der Waals surface area contributed by atoms with Crippen LogP contribution in [-0.2, 0) is 4.74 Å². The molecule has 3 aromatic heterocycles. The first-order valence-electron chi connectivity index (χ1n) is 13.2. The molecule has 3 N–H and O–H groups in total. The molecule has 9 nitrogen and oxygen atoms in total. The van der Waals surface area contributed by atoms with Crippen molar-refractivity contribution in [1.82, 2.24) is 34.6 Å². The average Bonchev–Trinajstić information content (AvgIpc) is 3.56. The van der Waals surface area contributed by atoms with E-state index in [0.717, 1.165) is 96.7 Å². The Morgan fingerprint density at radius 3 is 2.45 bits per heavy atom. The molecule has 4 heterocycles. The fourth-order valence-corrected chi connectivity index (χ4v) is 6.09. The Morgan fingerprint density at radius 2 is 1.66 bits per heavy atom. The normalized spacial score (nSPS) is 20.9. The summed E-state index contributed by atoms with van der Waals surface area (Å²) in [7, 11) is 0. The van der Waals surface area contributed by atoms with E-state index in [-0.39, 0.29) is 6.04 Å². The van der Waals surface area contributed by atoms with Crippen molar-refractivity contribution < 1.29 is 4.74 Å². The van der Waals surface area contributed by atoms with Crippen LogP contribution in [0.15, 0.2) is 48.8 Å². The van der Waals surface area contributed by atoms with Gasteiger partial charge in [-0.2, -0.15) is 5.10 Å². The van der Waals surface area contributed by atoms with E-state index in [4.69, 9.17) is 32.2 Å². The second kappa shape index (κ2) is 9.65. The summed E-state index contributed by atoms with van der Waals surface area (Å²) in [5.41, 5.74) is 11.8. The molecule has 1 aliphatic carbocycles. The highest BCUT2D eigenvalue weighted by atomic mass is 35.5. The molecule has 38 heavy (non-hydrogen) atoms. The monoisotopic (exact) mass is 528 g/mol. The van der Waals surface area contributed by atoms with Gasteiger partial charge in [0.05, 0.1) is 35.7 Å².